The number of hydrogen-bond donors (Lipinski definition) is 1. The fraction of sp³-hybridized carbons (Fsp3) is 0.115. The Labute approximate surface area is 205 Å². The van der Waals surface area contributed by atoms with E-state index in [1.807, 2.05) is 32.0 Å². The zero-order chi connectivity index (χ0) is 23.7. The van der Waals surface area contributed by atoms with Crippen LogP contribution in [0, 0.1) is 13.8 Å². The molecule has 0 atom stereocenters. The number of nitrogens with one attached hydrogen (secondary N) is 1. The first-order valence-electron chi connectivity index (χ1n) is 10.2. The molecule has 0 aromatic heterocycles. The van der Waals surface area contributed by atoms with Crippen molar-refractivity contribution < 1.29 is 14.4 Å². The lowest BCUT2D eigenvalue weighted by Gasteiger charge is -2.26. The molecule has 7 heteroatoms. The van der Waals surface area contributed by atoms with Crippen LogP contribution in [-0.2, 0) is 16.0 Å². The number of urea groups is 1. The molecule has 3 aromatic rings. The fourth-order valence-corrected chi connectivity index (χ4v) is 4.39. The SMILES string of the molecule is Cc1cc(C)cc(Cc2ccc(Br)cc2/C=C2\C(=O)NC(=O)N(c3ccc(Cl)cc3)C2=O)c1. The molecule has 4 amide bonds. The van der Waals surface area contributed by atoms with Crippen molar-refractivity contribution in [3.63, 3.8) is 0 Å². The van der Waals surface area contributed by atoms with Crippen molar-refractivity contribution >= 4 is 57.1 Å². The maximum Gasteiger partial charge on any atom is 0.335 e. The number of aryl methyl sites for hydroxylation is 2. The van der Waals surface area contributed by atoms with Crippen LogP contribution >= 0.6 is 27.5 Å². The van der Waals surface area contributed by atoms with E-state index in [0.29, 0.717) is 22.7 Å². The van der Waals surface area contributed by atoms with Crippen LogP contribution < -0.4 is 10.2 Å². The van der Waals surface area contributed by atoms with Gasteiger partial charge in [-0.1, -0.05) is 62.9 Å². The quantitative estimate of drug-likeness (QED) is 0.338. The number of hydrogen-bond acceptors (Lipinski definition) is 3. The standard InChI is InChI=1S/C26H20BrClN2O3/c1-15-9-16(2)11-17(10-15)12-18-3-4-20(27)13-19(18)14-23-24(31)29-26(33)30(25(23)32)22-7-5-21(28)6-8-22/h3-11,13-14H,12H2,1-2H3,(H,29,31,33)/b23-14+. The summed E-state index contributed by atoms with van der Waals surface area (Å²) in [5.41, 5.74) is 5.34. The van der Waals surface area contributed by atoms with E-state index in [1.165, 1.54) is 17.2 Å². The molecule has 1 fully saturated rings. The second kappa shape index (κ2) is 9.33. The molecule has 0 radical (unpaired) electrons. The molecule has 0 unspecified atom stereocenters. The maximum atomic E-state index is 13.2. The third-order valence-electron chi connectivity index (χ3n) is 5.27. The Kier molecular flexibility index (Phi) is 6.49. The van der Waals surface area contributed by atoms with E-state index >= 15 is 0 Å². The highest BCUT2D eigenvalue weighted by Crippen LogP contribution is 2.27. The average molecular weight is 524 g/mol. The lowest BCUT2D eigenvalue weighted by molar-refractivity contribution is -0.122. The average Bonchev–Trinajstić information content (AvgIpc) is 2.73. The molecule has 0 spiro atoms. The predicted octanol–water partition coefficient (Wildman–Crippen LogP) is 5.98. The van der Waals surface area contributed by atoms with Crippen molar-refractivity contribution in [2.75, 3.05) is 4.90 Å². The molecule has 33 heavy (non-hydrogen) atoms. The van der Waals surface area contributed by atoms with E-state index < -0.39 is 17.8 Å². The van der Waals surface area contributed by atoms with Gasteiger partial charge in [0, 0.05) is 9.50 Å². The third kappa shape index (κ3) is 5.07. The first-order chi connectivity index (χ1) is 15.7. The monoisotopic (exact) mass is 522 g/mol. The maximum absolute atomic E-state index is 13.2. The molecular formula is C26H20BrClN2O3. The summed E-state index contributed by atoms with van der Waals surface area (Å²) >= 11 is 9.40. The van der Waals surface area contributed by atoms with Crippen molar-refractivity contribution in [1.82, 2.24) is 5.32 Å². The van der Waals surface area contributed by atoms with Crippen LogP contribution in [0.3, 0.4) is 0 Å². The number of carbonyl (C=O) groups excluding carboxylic acids is 3. The zero-order valence-electron chi connectivity index (χ0n) is 18.0. The number of rotatable bonds is 4. The molecule has 1 aliphatic rings. The Balaban J connectivity index is 1.74. The highest BCUT2D eigenvalue weighted by molar-refractivity contribution is 9.10. The van der Waals surface area contributed by atoms with Crippen molar-refractivity contribution in [3.05, 3.63) is 104 Å². The summed E-state index contributed by atoms with van der Waals surface area (Å²) in [6.45, 7) is 4.10. The van der Waals surface area contributed by atoms with Gasteiger partial charge in [0.15, 0.2) is 0 Å². The van der Waals surface area contributed by atoms with Crippen LogP contribution in [0.1, 0.15) is 27.8 Å². The van der Waals surface area contributed by atoms with Crippen molar-refractivity contribution in [3.8, 4) is 0 Å². The van der Waals surface area contributed by atoms with Gasteiger partial charge in [-0.05, 0) is 79.4 Å². The van der Waals surface area contributed by atoms with Gasteiger partial charge in [0.05, 0.1) is 5.69 Å². The first kappa shape index (κ1) is 23.0. The normalized spacial score (nSPS) is 15.2. The lowest BCUT2D eigenvalue weighted by Crippen LogP contribution is -2.54. The minimum atomic E-state index is -0.797. The Hall–Kier alpha value is -3.22. The highest BCUT2D eigenvalue weighted by Gasteiger charge is 2.36. The van der Waals surface area contributed by atoms with E-state index in [0.717, 1.165) is 20.5 Å². The van der Waals surface area contributed by atoms with Crippen LogP contribution in [-0.4, -0.2) is 17.8 Å². The number of amides is 4. The predicted molar refractivity (Wildman–Crippen MR) is 133 cm³/mol. The molecule has 4 rings (SSSR count). The summed E-state index contributed by atoms with van der Waals surface area (Å²) in [7, 11) is 0. The third-order valence-corrected chi connectivity index (χ3v) is 6.02. The largest absolute Gasteiger partial charge is 0.335 e. The van der Waals surface area contributed by atoms with E-state index in [-0.39, 0.29) is 5.57 Å². The van der Waals surface area contributed by atoms with E-state index in [1.54, 1.807) is 24.3 Å². The number of carbonyl (C=O) groups is 3. The molecule has 1 aliphatic heterocycles. The Morgan fingerprint density at radius 1 is 0.939 bits per heavy atom. The minimum absolute atomic E-state index is 0.121. The van der Waals surface area contributed by atoms with Crippen molar-refractivity contribution in [2.45, 2.75) is 20.3 Å². The Morgan fingerprint density at radius 2 is 1.61 bits per heavy atom. The molecule has 0 bridgehead atoms. The van der Waals surface area contributed by atoms with Gasteiger partial charge in [0.25, 0.3) is 11.8 Å². The fourth-order valence-electron chi connectivity index (χ4n) is 3.89. The molecule has 0 aliphatic carbocycles. The minimum Gasteiger partial charge on any atom is -0.273 e. The van der Waals surface area contributed by atoms with Gasteiger partial charge in [0.1, 0.15) is 5.57 Å². The number of nitrogens with zero attached hydrogens (tertiary/aromatic N) is 1. The summed E-state index contributed by atoms with van der Waals surface area (Å²) in [5.74, 6) is -1.42. The lowest BCUT2D eigenvalue weighted by atomic mass is 9.95. The van der Waals surface area contributed by atoms with Gasteiger partial charge in [-0.3, -0.25) is 14.9 Å². The van der Waals surface area contributed by atoms with Crippen LogP contribution in [0.2, 0.25) is 5.02 Å². The summed E-state index contributed by atoms with van der Waals surface area (Å²) in [5, 5.41) is 2.73. The van der Waals surface area contributed by atoms with E-state index in [9.17, 15) is 14.4 Å². The number of barbiturate groups is 1. The summed E-state index contributed by atoms with van der Waals surface area (Å²) < 4.78 is 0.813. The Morgan fingerprint density at radius 3 is 2.27 bits per heavy atom. The second-order valence-corrected chi connectivity index (χ2v) is 9.30. The van der Waals surface area contributed by atoms with Crippen molar-refractivity contribution in [1.29, 1.82) is 0 Å². The van der Waals surface area contributed by atoms with Crippen LogP contribution in [0.15, 0.2) is 70.7 Å². The van der Waals surface area contributed by atoms with Gasteiger partial charge in [0.2, 0.25) is 0 Å². The molecule has 3 aromatic carbocycles. The zero-order valence-corrected chi connectivity index (χ0v) is 20.3. The number of anilines is 1. The van der Waals surface area contributed by atoms with Gasteiger partial charge < -0.3 is 0 Å². The molecule has 1 heterocycles. The first-order valence-corrected chi connectivity index (χ1v) is 11.4. The molecular weight excluding hydrogens is 504 g/mol. The molecule has 1 N–H and O–H groups in total. The smallest absolute Gasteiger partial charge is 0.273 e. The van der Waals surface area contributed by atoms with Crippen LogP contribution in [0.5, 0.6) is 0 Å². The second-order valence-electron chi connectivity index (χ2n) is 7.95. The molecule has 0 saturated carbocycles. The van der Waals surface area contributed by atoms with E-state index in [4.69, 9.17) is 11.6 Å². The molecule has 5 nitrogen and oxygen atoms in total. The van der Waals surface area contributed by atoms with Gasteiger partial charge in [-0.25, -0.2) is 9.69 Å². The molecule has 1 saturated heterocycles. The number of halogens is 2. The van der Waals surface area contributed by atoms with Gasteiger partial charge in [-0.15, -0.1) is 0 Å². The van der Waals surface area contributed by atoms with Gasteiger partial charge >= 0.3 is 6.03 Å². The summed E-state index contributed by atoms with van der Waals surface area (Å²) in [6, 6.07) is 17.5. The van der Waals surface area contributed by atoms with E-state index in [2.05, 4.69) is 39.4 Å². The summed E-state index contributed by atoms with van der Waals surface area (Å²) in [4.78, 5) is 39.2. The number of imide groups is 2. The van der Waals surface area contributed by atoms with Gasteiger partial charge in [-0.2, -0.15) is 0 Å². The molecule has 166 valence electrons. The topological polar surface area (TPSA) is 66.5 Å². The Bertz CT molecular complexity index is 1300. The van der Waals surface area contributed by atoms with Crippen LogP contribution in [0.4, 0.5) is 10.5 Å². The van der Waals surface area contributed by atoms with Crippen molar-refractivity contribution in [2.24, 2.45) is 0 Å². The highest BCUT2D eigenvalue weighted by atomic mass is 79.9. The number of benzene rings is 3. The van der Waals surface area contributed by atoms with Crippen LogP contribution in [0.25, 0.3) is 6.08 Å². The summed E-state index contributed by atoms with van der Waals surface area (Å²) in [6.07, 6.45) is 2.17.